The number of rotatable bonds is 0. The topological polar surface area (TPSA) is 55.0 Å². The second-order valence-electron chi connectivity index (χ2n) is 9.76. The number of benzene rings is 1. The third-order valence-electron chi connectivity index (χ3n) is 6.83. The minimum absolute atomic E-state index is 0.0214. The number of alkyl halides is 2. The first-order valence-electron chi connectivity index (χ1n) is 10.6. The van der Waals surface area contributed by atoms with Gasteiger partial charge < -0.3 is 4.74 Å². The van der Waals surface area contributed by atoms with Crippen LogP contribution in [0.1, 0.15) is 62.8 Å². The Labute approximate surface area is 174 Å². The van der Waals surface area contributed by atoms with Crippen LogP contribution in [-0.4, -0.2) is 28.5 Å². The summed E-state index contributed by atoms with van der Waals surface area (Å²) in [6.45, 7) is 4.86. The van der Waals surface area contributed by atoms with E-state index >= 15 is 0 Å². The highest BCUT2D eigenvalue weighted by molar-refractivity contribution is 6.02. The summed E-state index contributed by atoms with van der Waals surface area (Å²) in [5, 5.41) is 7.46. The quantitative estimate of drug-likeness (QED) is 0.652. The highest BCUT2D eigenvalue weighted by Crippen LogP contribution is 2.56. The van der Waals surface area contributed by atoms with Crippen molar-refractivity contribution in [1.29, 1.82) is 0 Å². The van der Waals surface area contributed by atoms with Crippen LogP contribution in [-0.2, 0) is 16.6 Å². The average Bonchev–Trinajstić information content (AvgIpc) is 3.26. The molecule has 0 unspecified atom stereocenters. The predicted octanol–water partition coefficient (Wildman–Crippen LogP) is 5.14. The summed E-state index contributed by atoms with van der Waals surface area (Å²) in [6.07, 6.45) is 5.19. The number of para-hydroxylation sites is 1. The number of ether oxygens (including phenoxy) is 1. The molecule has 0 saturated heterocycles. The first-order valence-corrected chi connectivity index (χ1v) is 10.6. The van der Waals surface area contributed by atoms with Gasteiger partial charge in [0.05, 0.1) is 11.6 Å². The van der Waals surface area contributed by atoms with Gasteiger partial charge in [0.15, 0.2) is 5.78 Å². The van der Waals surface area contributed by atoms with Gasteiger partial charge in [-0.1, -0.05) is 37.6 Å². The molecule has 4 aliphatic rings. The summed E-state index contributed by atoms with van der Waals surface area (Å²) in [4.78, 5) is 13.2. The van der Waals surface area contributed by atoms with E-state index < -0.39 is 11.3 Å². The first-order chi connectivity index (χ1) is 14.2. The van der Waals surface area contributed by atoms with Crippen LogP contribution >= 0.6 is 0 Å². The van der Waals surface area contributed by atoms with Crippen molar-refractivity contribution >= 4 is 5.78 Å². The summed E-state index contributed by atoms with van der Waals surface area (Å²) >= 11 is 0. The van der Waals surface area contributed by atoms with Crippen LogP contribution in [0.15, 0.2) is 41.6 Å². The number of aromatic nitrogens is 2. The Morgan fingerprint density at radius 1 is 1.10 bits per heavy atom. The fourth-order valence-corrected chi connectivity index (χ4v) is 5.39. The fourth-order valence-electron chi connectivity index (χ4n) is 5.39. The van der Waals surface area contributed by atoms with Gasteiger partial charge in [-0.05, 0) is 24.3 Å². The van der Waals surface area contributed by atoms with Crippen molar-refractivity contribution in [3.8, 4) is 5.75 Å². The number of carbonyl (C=O) groups excluding carboxylic acids is 1. The van der Waals surface area contributed by atoms with Crippen LogP contribution in [0, 0.1) is 5.41 Å². The zero-order valence-electron chi connectivity index (χ0n) is 17.4. The van der Waals surface area contributed by atoms with E-state index in [0.717, 1.165) is 41.0 Å². The van der Waals surface area contributed by atoms with Crippen LogP contribution < -0.4 is 4.74 Å². The zero-order valence-corrected chi connectivity index (χ0v) is 17.4. The van der Waals surface area contributed by atoms with E-state index in [2.05, 4.69) is 30.1 Å². The number of carbonyl (C=O) groups is 1. The van der Waals surface area contributed by atoms with Gasteiger partial charge in [0, 0.05) is 48.1 Å². The molecule has 3 aliphatic carbocycles. The molecule has 2 heterocycles. The van der Waals surface area contributed by atoms with Gasteiger partial charge >= 0.3 is 0 Å². The Hall–Kier alpha value is -2.50. The predicted molar refractivity (Wildman–Crippen MR) is 109 cm³/mol. The summed E-state index contributed by atoms with van der Waals surface area (Å²) in [7, 11) is 0. The molecule has 2 aromatic rings. The van der Waals surface area contributed by atoms with E-state index in [1.165, 1.54) is 5.57 Å². The number of hydrogen-bond acceptors (Lipinski definition) is 3. The molecular weight excluding hydrogens is 386 g/mol. The Bertz CT molecular complexity index is 1050. The van der Waals surface area contributed by atoms with Crippen LogP contribution in [0.4, 0.5) is 8.78 Å². The SMILES string of the molecule is CC1(C)CC(=O)C2=C(Cc3[nH]ncc3[C@@]23COc2ccccc23)C1.FC1(F)CCC1. The van der Waals surface area contributed by atoms with Gasteiger partial charge in [0.25, 0.3) is 0 Å². The van der Waals surface area contributed by atoms with E-state index in [-0.39, 0.29) is 24.0 Å². The molecule has 30 heavy (non-hydrogen) atoms. The van der Waals surface area contributed by atoms with Crippen LogP contribution in [0.25, 0.3) is 0 Å². The Kier molecular flexibility index (Phi) is 4.21. The molecular formula is C24H26F2N2O2. The summed E-state index contributed by atoms with van der Waals surface area (Å²) < 4.78 is 29.1. The molecule has 6 rings (SSSR count). The number of aromatic amines is 1. The van der Waals surface area contributed by atoms with Crippen molar-refractivity contribution in [2.45, 2.75) is 63.7 Å². The minimum Gasteiger partial charge on any atom is -0.492 e. The molecule has 0 amide bonds. The lowest BCUT2D eigenvalue weighted by atomic mass is 9.58. The number of allylic oxidation sites excluding steroid dienone is 1. The number of halogens is 2. The number of nitrogens with one attached hydrogen (secondary N) is 1. The van der Waals surface area contributed by atoms with Gasteiger partial charge in [-0.25, -0.2) is 8.78 Å². The Morgan fingerprint density at radius 2 is 1.83 bits per heavy atom. The fraction of sp³-hybridized carbons (Fsp3) is 0.500. The maximum Gasteiger partial charge on any atom is 0.248 e. The summed E-state index contributed by atoms with van der Waals surface area (Å²) in [5.41, 5.74) is 5.11. The number of Topliss-reactive ketones (excluding diaryl/α,β-unsaturated/α-hetero) is 1. The summed E-state index contributed by atoms with van der Waals surface area (Å²) in [5.74, 6) is -1.12. The van der Waals surface area contributed by atoms with Gasteiger partial charge in [-0.2, -0.15) is 5.10 Å². The van der Waals surface area contributed by atoms with E-state index in [9.17, 15) is 13.6 Å². The number of fused-ring (bicyclic) bond motifs is 5. The first kappa shape index (κ1) is 19.5. The Balaban J connectivity index is 0.000000279. The highest BCUT2D eigenvalue weighted by atomic mass is 19.3. The monoisotopic (exact) mass is 412 g/mol. The highest BCUT2D eigenvalue weighted by Gasteiger charge is 2.54. The van der Waals surface area contributed by atoms with Crippen LogP contribution in [0.3, 0.4) is 0 Å². The maximum atomic E-state index is 13.2. The molecule has 1 aliphatic heterocycles. The molecule has 1 spiro atoms. The third kappa shape index (κ3) is 2.91. The Morgan fingerprint density at radius 3 is 2.53 bits per heavy atom. The number of hydrogen-bond donors (Lipinski definition) is 1. The van der Waals surface area contributed by atoms with Crippen molar-refractivity contribution in [3.05, 3.63) is 58.4 Å². The van der Waals surface area contributed by atoms with E-state index in [1.807, 2.05) is 24.4 Å². The molecule has 0 bridgehead atoms. The van der Waals surface area contributed by atoms with E-state index in [1.54, 1.807) is 0 Å². The normalized spacial score (nSPS) is 27.3. The van der Waals surface area contributed by atoms with Gasteiger partial charge in [-0.15, -0.1) is 0 Å². The van der Waals surface area contributed by atoms with Crippen LogP contribution in [0.5, 0.6) is 5.75 Å². The number of ketones is 1. The second-order valence-corrected chi connectivity index (χ2v) is 9.76. The molecule has 1 N–H and O–H groups in total. The van der Waals surface area contributed by atoms with Gasteiger partial charge in [-0.3, -0.25) is 9.89 Å². The lowest BCUT2D eigenvalue weighted by Crippen LogP contribution is -2.43. The standard InChI is InChI=1S/C20H20N2O2.C4H6F2/c1-19(2)8-12-7-15-14(10-21-22-15)20(18(12)16(23)9-19)11-24-17-6-4-3-5-13(17)20;5-4(6)2-1-3-4/h3-6,10H,7-9,11H2,1-2H3,(H,21,22);1-3H2/t20-;/m0./s1. The molecule has 1 atom stereocenters. The minimum atomic E-state index is -2.28. The zero-order chi connectivity index (χ0) is 21.1. The van der Waals surface area contributed by atoms with Crippen molar-refractivity contribution in [2.75, 3.05) is 6.61 Å². The maximum absolute atomic E-state index is 13.2. The molecule has 1 aromatic carbocycles. The largest absolute Gasteiger partial charge is 0.492 e. The molecule has 0 radical (unpaired) electrons. The van der Waals surface area contributed by atoms with Gasteiger partial charge in [0.1, 0.15) is 12.4 Å². The summed E-state index contributed by atoms with van der Waals surface area (Å²) in [6, 6.07) is 8.11. The van der Waals surface area contributed by atoms with Gasteiger partial charge in [0.2, 0.25) is 5.92 Å². The average molecular weight is 412 g/mol. The second kappa shape index (κ2) is 6.50. The number of nitrogens with zero attached hydrogens (tertiary/aromatic N) is 1. The molecule has 1 saturated carbocycles. The van der Waals surface area contributed by atoms with Crippen molar-refractivity contribution in [1.82, 2.24) is 10.2 Å². The van der Waals surface area contributed by atoms with Crippen molar-refractivity contribution < 1.29 is 18.3 Å². The van der Waals surface area contributed by atoms with E-state index in [4.69, 9.17) is 4.74 Å². The molecule has 4 nitrogen and oxygen atoms in total. The molecule has 1 fully saturated rings. The van der Waals surface area contributed by atoms with Crippen molar-refractivity contribution in [2.24, 2.45) is 5.41 Å². The van der Waals surface area contributed by atoms with Crippen molar-refractivity contribution in [3.63, 3.8) is 0 Å². The lowest BCUT2D eigenvalue weighted by molar-refractivity contribution is -0.118. The molecule has 158 valence electrons. The van der Waals surface area contributed by atoms with E-state index in [0.29, 0.717) is 19.4 Å². The third-order valence-corrected chi connectivity index (χ3v) is 6.83. The number of H-pyrrole nitrogens is 1. The molecule has 1 aromatic heterocycles. The smallest absolute Gasteiger partial charge is 0.248 e. The lowest BCUT2D eigenvalue weighted by Gasteiger charge is -2.42. The molecule has 6 heteroatoms. The van der Waals surface area contributed by atoms with Crippen LogP contribution in [0.2, 0.25) is 0 Å².